The molecule has 2 aromatic carbocycles. The van der Waals surface area contributed by atoms with E-state index in [4.69, 9.17) is 5.73 Å². The smallest absolute Gasteiger partial charge is 0.258 e. The third-order valence-electron chi connectivity index (χ3n) is 5.71. The van der Waals surface area contributed by atoms with Gasteiger partial charge in [-0.05, 0) is 30.7 Å². The van der Waals surface area contributed by atoms with Gasteiger partial charge in [0.2, 0.25) is 5.91 Å². The Labute approximate surface area is 191 Å². The van der Waals surface area contributed by atoms with E-state index in [1.807, 2.05) is 19.1 Å². The average molecular weight is 460 g/mol. The van der Waals surface area contributed by atoms with Crippen molar-refractivity contribution in [2.45, 2.75) is 23.2 Å². The predicted molar refractivity (Wildman–Crippen MR) is 122 cm³/mol. The standard InChI is InChI=1S/C23H17FN6O2S/c1-11-5-6-16-14(7-11)23(21(32)27-16)15(9-25)18(26)28-19-17(23)20(31)30-22(29-19)33-10-12-3-2-4-13(24)8-12/h2-8H,10,26H2,1H3,(H,27,32)(H2,28,29,30,31)/t23-/m1/s1. The van der Waals surface area contributed by atoms with Gasteiger partial charge in [-0.25, -0.2) is 9.37 Å². The number of hydrogen-bond acceptors (Lipinski definition) is 7. The number of hydrogen-bond donors (Lipinski definition) is 4. The Hall–Kier alpha value is -4.10. The van der Waals surface area contributed by atoms with Gasteiger partial charge in [0.15, 0.2) is 5.16 Å². The largest absolute Gasteiger partial charge is 0.384 e. The molecule has 1 atom stereocenters. The fourth-order valence-corrected chi connectivity index (χ4v) is 5.11. The van der Waals surface area contributed by atoms with Crippen LogP contribution in [0, 0.1) is 24.1 Å². The van der Waals surface area contributed by atoms with Crippen molar-refractivity contribution in [1.82, 2.24) is 9.97 Å². The van der Waals surface area contributed by atoms with Gasteiger partial charge in [0.1, 0.15) is 28.9 Å². The number of aryl methyl sites for hydroxylation is 1. The van der Waals surface area contributed by atoms with Gasteiger partial charge in [-0.1, -0.05) is 41.6 Å². The number of rotatable bonds is 3. The third-order valence-corrected chi connectivity index (χ3v) is 6.66. The quantitative estimate of drug-likeness (QED) is 0.348. The molecule has 5 N–H and O–H groups in total. The van der Waals surface area contributed by atoms with E-state index in [0.29, 0.717) is 17.0 Å². The van der Waals surface area contributed by atoms with Crippen molar-refractivity contribution in [1.29, 1.82) is 5.26 Å². The number of amides is 1. The van der Waals surface area contributed by atoms with Gasteiger partial charge < -0.3 is 21.4 Å². The maximum Gasteiger partial charge on any atom is 0.258 e. The molecule has 5 rings (SSSR count). The normalized spacial score (nSPS) is 18.4. The molecule has 3 aromatic rings. The third kappa shape index (κ3) is 3.08. The number of nitrogens with two attached hydrogens (primary N) is 1. The molecule has 3 heterocycles. The molecule has 1 aromatic heterocycles. The molecular formula is C23H17FN6O2S. The van der Waals surface area contributed by atoms with Gasteiger partial charge in [0, 0.05) is 17.0 Å². The predicted octanol–water partition coefficient (Wildman–Crippen LogP) is 2.87. The number of thioether (sulfide) groups is 1. The van der Waals surface area contributed by atoms with E-state index in [0.717, 1.165) is 11.1 Å². The topological polar surface area (TPSA) is 137 Å². The number of benzene rings is 2. The zero-order valence-electron chi connectivity index (χ0n) is 17.3. The Bertz CT molecular complexity index is 1470. The van der Waals surface area contributed by atoms with Crippen LogP contribution in [0.15, 0.2) is 63.8 Å². The van der Waals surface area contributed by atoms with Crippen molar-refractivity contribution in [3.05, 3.63) is 92.3 Å². The molecule has 1 amide bonds. The first-order chi connectivity index (χ1) is 15.8. The lowest BCUT2D eigenvalue weighted by atomic mass is 9.69. The van der Waals surface area contributed by atoms with Gasteiger partial charge in [-0.15, -0.1) is 0 Å². The van der Waals surface area contributed by atoms with E-state index in [9.17, 15) is 19.2 Å². The number of H-pyrrole nitrogens is 1. The lowest BCUT2D eigenvalue weighted by Crippen LogP contribution is -2.47. The summed E-state index contributed by atoms with van der Waals surface area (Å²) in [4.78, 5) is 33.9. The molecular weight excluding hydrogens is 443 g/mol. The summed E-state index contributed by atoms with van der Waals surface area (Å²) in [6.45, 7) is 1.85. The number of carbonyl (C=O) groups is 1. The SMILES string of the molecule is Cc1ccc2c(c1)[C@@]1(C(=O)N2)C(C#N)=C(N)Nc2nc(SCc3cccc(F)c3)[nH]c(=O)c21. The summed E-state index contributed by atoms with van der Waals surface area (Å²) in [6, 6.07) is 13.5. The summed E-state index contributed by atoms with van der Waals surface area (Å²) in [5.74, 6) is -0.484. The first kappa shape index (κ1) is 20.8. The van der Waals surface area contributed by atoms with Crippen LogP contribution >= 0.6 is 11.8 Å². The Kier molecular flexibility index (Phi) is 4.72. The Morgan fingerprint density at radius 3 is 2.79 bits per heavy atom. The number of nitriles is 1. The number of halogens is 1. The van der Waals surface area contributed by atoms with Gasteiger partial charge in [-0.3, -0.25) is 9.59 Å². The second-order valence-corrected chi connectivity index (χ2v) is 8.76. The van der Waals surface area contributed by atoms with Crippen LogP contribution in [-0.2, 0) is 16.0 Å². The molecule has 33 heavy (non-hydrogen) atoms. The van der Waals surface area contributed by atoms with E-state index in [1.165, 1.54) is 23.9 Å². The molecule has 2 aliphatic heterocycles. The molecule has 10 heteroatoms. The number of fused-ring (bicyclic) bond motifs is 4. The lowest BCUT2D eigenvalue weighted by Gasteiger charge is -2.33. The second-order valence-electron chi connectivity index (χ2n) is 7.79. The summed E-state index contributed by atoms with van der Waals surface area (Å²) in [7, 11) is 0. The number of nitrogens with zero attached hydrogens (tertiary/aromatic N) is 2. The van der Waals surface area contributed by atoms with Crippen molar-refractivity contribution in [2.75, 3.05) is 10.6 Å². The van der Waals surface area contributed by atoms with E-state index in [2.05, 4.69) is 20.6 Å². The summed E-state index contributed by atoms with van der Waals surface area (Å²) in [6.07, 6.45) is 0. The van der Waals surface area contributed by atoms with Crippen LogP contribution < -0.4 is 21.9 Å². The van der Waals surface area contributed by atoms with Crippen molar-refractivity contribution in [3.8, 4) is 6.07 Å². The van der Waals surface area contributed by atoms with E-state index in [1.54, 1.807) is 24.3 Å². The highest BCUT2D eigenvalue weighted by atomic mass is 32.2. The van der Waals surface area contributed by atoms with E-state index in [-0.39, 0.29) is 33.7 Å². The van der Waals surface area contributed by atoms with Crippen molar-refractivity contribution >= 4 is 29.2 Å². The van der Waals surface area contributed by atoms with Crippen molar-refractivity contribution < 1.29 is 9.18 Å². The van der Waals surface area contributed by atoms with E-state index >= 15 is 0 Å². The van der Waals surface area contributed by atoms with Crippen LogP contribution in [0.4, 0.5) is 15.9 Å². The van der Waals surface area contributed by atoms with Crippen molar-refractivity contribution in [3.63, 3.8) is 0 Å². The highest BCUT2D eigenvalue weighted by Crippen LogP contribution is 2.51. The number of nitrogens with one attached hydrogen (secondary N) is 3. The molecule has 0 aliphatic carbocycles. The molecule has 0 saturated carbocycles. The summed E-state index contributed by atoms with van der Waals surface area (Å²) in [5, 5.41) is 15.8. The fraction of sp³-hybridized carbons (Fsp3) is 0.130. The minimum absolute atomic E-state index is 0.00482. The summed E-state index contributed by atoms with van der Waals surface area (Å²) >= 11 is 1.20. The maximum absolute atomic E-state index is 13.5. The number of anilines is 2. The van der Waals surface area contributed by atoms with Crippen LogP contribution in [0.25, 0.3) is 0 Å². The van der Waals surface area contributed by atoms with Crippen LogP contribution in [0.5, 0.6) is 0 Å². The first-order valence-corrected chi connectivity index (χ1v) is 10.9. The summed E-state index contributed by atoms with van der Waals surface area (Å²) in [5.41, 5.74) is 6.37. The minimum Gasteiger partial charge on any atom is -0.384 e. The molecule has 0 fully saturated rings. The van der Waals surface area contributed by atoms with Crippen LogP contribution in [0.2, 0.25) is 0 Å². The Morgan fingerprint density at radius 2 is 2.03 bits per heavy atom. The highest BCUT2D eigenvalue weighted by Gasteiger charge is 2.57. The molecule has 0 radical (unpaired) electrons. The number of aromatic amines is 1. The second kappa shape index (κ2) is 7.50. The number of carbonyl (C=O) groups excluding carboxylic acids is 1. The molecule has 0 bridgehead atoms. The van der Waals surface area contributed by atoms with Gasteiger partial charge in [0.25, 0.3) is 5.56 Å². The molecule has 2 aliphatic rings. The van der Waals surface area contributed by atoms with Crippen molar-refractivity contribution in [2.24, 2.45) is 5.73 Å². The van der Waals surface area contributed by atoms with Gasteiger partial charge >= 0.3 is 0 Å². The zero-order valence-corrected chi connectivity index (χ0v) is 18.1. The Balaban J connectivity index is 1.66. The van der Waals surface area contributed by atoms with Gasteiger partial charge in [-0.2, -0.15) is 5.26 Å². The lowest BCUT2D eigenvalue weighted by molar-refractivity contribution is -0.118. The minimum atomic E-state index is -1.72. The molecule has 1 spiro atoms. The van der Waals surface area contributed by atoms with Gasteiger partial charge in [0.05, 0.1) is 11.1 Å². The average Bonchev–Trinajstić information content (AvgIpc) is 3.04. The maximum atomic E-state index is 13.5. The summed E-state index contributed by atoms with van der Waals surface area (Å²) < 4.78 is 13.5. The monoisotopic (exact) mass is 460 g/mol. The fourth-order valence-electron chi connectivity index (χ4n) is 4.31. The highest BCUT2D eigenvalue weighted by molar-refractivity contribution is 7.98. The zero-order chi connectivity index (χ0) is 23.3. The Morgan fingerprint density at radius 1 is 1.21 bits per heavy atom. The number of aromatic nitrogens is 2. The molecule has 0 saturated heterocycles. The van der Waals surface area contributed by atoms with E-state index < -0.39 is 16.9 Å². The first-order valence-electron chi connectivity index (χ1n) is 9.96. The van der Waals surface area contributed by atoms with Crippen LogP contribution in [-0.4, -0.2) is 15.9 Å². The molecule has 0 unspecified atom stereocenters. The van der Waals surface area contributed by atoms with Crippen LogP contribution in [0.3, 0.4) is 0 Å². The molecule has 164 valence electrons. The van der Waals surface area contributed by atoms with Crippen LogP contribution in [0.1, 0.15) is 22.3 Å². The molecule has 8 nitrogen and oxygen atoms in total.